The zero-order chi connectivity index (χ0) is 31.5. The number of methoxy groups -OCH3 is 2. The molecule has 2 aromatic rings. The summed E-state index contributed by atoms with van der Waals surface area (Å²) in [7, 11) is 3.27. The lowest BCUT2D eigenvalue weighted by molar-refractivity contribution is -0.230. The van der Waals surface area contributed by atoms with Crippen LogP contribution in [0.2, 0.25) is 0 Å². The normalized spacial score (nSPS) is 33.8. The SMILES string of the molecule is C=C1CCC(OCc2ccccc2)[C@@]2(C)C[C@H](OCOC)C3=C(C)CC[C@@](O)([C@@H](O)[C@H]12)[C@]3(C)COCc1ccc(OC)cc1. The summed E-state index contributed by atoms with van der Waals surface area (Å²) in [6.07, 6.45) is 1.58. The molecule has 0 aliphatic heterocycles. The lowest BCUT2D eigenvalue weighted by Crippen LogP contribution is -2.68. The minimum absolute atomic E-state index is 0.114. The number of rotatable bonds is 11. The van der Waals surface area contributed by atoms with Crippen molar-refractivity contribution in [1.82, 2.24) is 0 Å². The summed E-state index contributed by atoms with van der Waals surface area (Å²) in [5.41, 5.74) is 2.27. The molecule has 0 heterocycles. The van der Waals surface area contributed by atoms with E-state index in [2.05, 4.69) is 32.6 Å². The summed E-state index contributed by atoms with van der Waals surface area (Å²) in [6.45, 7) is 12.0. The van der Waals surface area contributed by atoms with Crippen LogP contribution < -0.4 is 4.74 Å². The third-order valence-corrected chi connectivity index (χ3v) is 10.8. The highest BCUT2D eigenvalue weighted by Gasteiger charge is 2.65. The van der Waals surface area contributed by atoms with Crippen LogP contribution in [0.4, 0.5) is 0 Å². The number of ether oxygens (including phenoxy) is 5. The van der Waals surface area contributed by atoms with Gasteiger partial charge in [-0.25, -0.2) is 0 Å². The van der Waals surface area contributed by atoms with Gasteiger partial charge in [0.15, 0.2) is 0 Å². The van der Waals surface area contributed by atoms with Gasteiger partial charge in [-0.05, 0) is 67.9 Å². The standard InChI is InChI=1S/C37H50O7/c1-25-12-17-31(43-22-27-10-8-7-9-11-27)35(3)20-30(44-24-40-5)32-26(2)18-19-37(39,34(38)33(25)35)36(32,4)23-42-21-28-13-15-29(41-6)16-14-28/h7-11,13-16,30-31,33-34,38-39H,1,12,17-24H2,2-6H3/t30-,31?,33-,34-,35+,36+,37+/m0/s1. The first-order valence-electron chi connectivity index (χ1n) is 15.8. The van der Waals surface area contributed by atoms with Crippen LogP contribution in [0.5, 0.6) is 5.75 Å². The van der Waals surface area contributed by atoms with Crippen molar-refractivity contribution >= 4 is 0 Å². The lowest BCUT2D eigenvalue weighted by Gasteiger charge is -2.62. The number of aliphatic hydroxyl groups excluding tert-OH is 1. The minimum atomic E-state index is -1.48. The number of allylic oxidation sites excluding steroid dienone is 1. The summed E-state index contributed by atoms with van der Waals surface area (Å²) in [5.74, 6) is 0.393. The molecule has 0 radical (unpaired) electrons. The third kappa shape index (κ3) is 6.03. The average Bonchev–Trinajstić information content (AvgIpc) is 3.01. The van der Waals surface area contributed by atoms with Crippen molar-refractivity contribution in [3.63, 3.8) is 0 Å². The quantitative estimate of drug-likeness (QED) is 0.227. The second-order valence-corrected chi connectivity index (χ2v) is 13.5. The van der Waals surface area contributed by atoms with Crippen molar-refractivity contribution in [2.24, 2.45) is 16.7 Å². The molecule has 2 aromatic carbocycles. The van der Waals surface area contributed by atoms with E-state index in [0.29, 0.717) is 32.5 Å². The number of benzene rings is 2. The monoisotopic (exact) mass is 606 g/mol. The molecule has 2 bridgehead atoms. The van der Waals surface area contributed by atoms with Crippen LogP contribution in [0, 0.1) is 16.7 Å². The Morgan fingerprint density at radius 3 is 2.32 bits per heavy atom. The first-order valence-corrected chi connectivity index (χ1v) is 15.8. The highest BCUT2D eigenvalue weighted by Crippen LogP contribution is 2.61. The lowest BCUT2D eigenvalue weighted by atomic mass is 9.48. The first-order chi connectivity index (χ1) is 21.1. The van der Waals surface area contributed by atoms with Crippen molar-refractivity contribution in [2.45, 2.75) is 90.0 Å². The first kappa shape index (κ1) is 32.9. The fraction of sp³-hybridized carbons (Fsp3) is 0.568. The molecule has 2 saturated carbocycles. The molecule has 7 nitrogen and oxygen atoms in total. The van der Waals surface area contributed by atoms with Gasteiger partial charge in [-0.2, -0.15) is 0 Å². The zero-order valence-corrected chi connectivity index (χ0v) is 27.0. The molecule has 3 aliphatic rings. The molecule has 0 saturated heterocycles. The van der Waals surface area contributed by atoms with Gasteiger partial charge in [0.05, 0.1) is 45.2 Å². The largest absolute Gasteiger partial charge is 0.497 e. The van der Waals surface area contributed by atoms with Crippen molar-refractivity contribution in [1.29, 1.82) is 0 Å². The predicted octanol–water partition coefficient (Wildman–Crippen LogP) is 6.37. The highest BCUT2D eigenvalue weighted by atomic mass is 16.7. The van der Waals surface area contributed by atoms with E-state index in [4.69, 9.17) is 23.7 Å². The summed E-state index contributed by atoms with van der Waals surface area (Å²) >= 11 is 0. The van der Waals surface area contributed by atoms with Crippen molar-refractivity contribution in [2.75, 3.05) is 27.6 Å². The van der Waals surface area contributed by atoms with Gasteiger partial charge in [0.2, 0.25) is 0 Å². The Balaban J connectivity index is 1.52. The van der Waals surface area contributed by atoms with Crippen molar-refractivity contribution in [3.05, 3.63) is 89.0 Å². The van der Waals surface area contributed by atoms with Crippen LogP contribution >= 0.6 is 0 Å². The average molecular weight is 607 g/mol. The van der Waals surface area contributed by atoms with Crippen LogP contribution in [0.1, 0.15) is 64.0 Å². The van der Waals surface area contributed by atoms with Gasteiger partial charge in [-0.15, -0.1) is 0 Å². The molecular weight excluding hydrogens is 556 g/mol. The Kier molecular flexibility index (Phi) is 10.0. The predicted molar refractivity (Wildman–Crippen MR) is 170 cm³/mol. The second-order valence-electron chi connectivity index (χ2n) is 13.5. The van der Waals surface area contributed by atoms with Gasteiger partial charge in [0.25, 0.3) is 0 Å². The van der Waals surface area contributed by atoms with Crippen molar-refractivity contribution in [3.8, 4) is 5.75 Å². The number of hydrogen-bond donors (Lipinski definition) is 2. The molecule has 0 spiro atoms. The van der Waals surface area contributed by atoms with E-state index in [0.717, 1.165) is 46.4 Å². The maximum Gasteiger partial charge on any atom is 0.147 e. The Bertz CT molecular complexity index is 1310. The van der Waals surface area contributed by atoms with E-state index in [1.165, 1.54) is 0 Å². The summed E-state index contributed by atoms with van der Waals surface area (Å²) in [4.78, 5) is 0. The van der Waals surface area contributed by atoms with E-state index in [1.54, 1.807) is 14.2 Å². The summed E-state index contributed by atoms with van der Waals surface area (Å²) < 4.78 is 30.3. The maximum absolute atomic E-state index is 12.8. The molecule has 0 aromatic heterocycles. The Morgan fingerprint density at radius 2 is 1.64 bits per heavy atom. The third-order valence-electron chi connectivity index (χ3n) is 10.8. The Morgan fingerprint density at radius 1 is 0.932 bits per heavy atom. The van der Waals surface area contributed by atoms with Crippen LogP contribution in [0.15, 0.2) is 77.9 Å². The molecule has 7 heteroatoms. The van der Waals surface area contributed by atoms with Gasteiger partial charge in [-0.3, -0.25) is 0 Å². The molecule has 2 fully saturated rings. The van der Waals surface area contributed by atoms with E-state index < -0.39 is 28.5 Å². The minimum Gasteiger partial charge on any atom is -0.497 e. The molecular formula is C37H50O7. The summed E-state index contributed by atoms with van der Waals surface area (Å²) in [6, 6.07) is 18.0. The fourth-order valence-corrected chi connectivity index (χ4v) is 8.32. The smallest absolute Gasteiger partial charge is 0.147 e. The fourth-order valence-electron chi connectivity index (χ4n) is 8.32. The number of aliphatic hydroxyl groups is 2. The molecule has 3 aliphatic carbocycles. The Labute approximate surface area is 262 Å². The van der Waals surface area contributed by atoms with Gasteiger partial charge < -0.3 is 33.9 Å². The van der Waals surface area contributed by atoms with E-state index in [9.17, 15) is 10.2 Å². The van der Waals surface area contributed by atoms with Gasteiger partial charge in [-0.1, -0.05) is 74.0 Å². The van der Waals surface area contributed by atoms with Crippen LogP contribution in [-0.2, 0) is 32.2 Å². The maximum atomic E-state index is 12.8. The second kappa shape index (κ2) is 13.5. The topological polar surface area (TPSA) is 86.6 Å². The zero-order valence-electron chi connectivity index (χ0n) is 27.0. The van der Waals surface area contributed by atoms with Crippen LogP contribution in [-0.4, -0.2) is 61.7 Å². The number of hydrogen-bond acceptors (Lipinski definition) is 7. The van der Waals surface area contributed by atoms with Gasteiger partial charge >= 0.3 is 0 Å². The summed E-state index contributed by atoms with van der Waals surface area (Å²) in [5, 5.41) is 25.3. The van der Waals surface area contributed by atoms with Gasteiger partial charge in [0.1, 0.15) is 18.1 Å². The van der Waals surface area contributed by atoms with Crippen LogP contribution in [0.3, 0.4) is 0 Å². The van der Waals surface area contributed by atoms with Crippen LogP contribution in [0.25, 0.3) is 0 Å². The van der Waals surface area contributed by atoms with E-state index in [1.807, 2.05) is 49.4 Å². The van der Waals surface area contributed by atoms with E-state index >= 15 is 0 Å². The molecule has 240 valence electrons. The highest BCUT2D eigenvalue weighted by molar-refractivity contribution is 5.37. The Hall–Kier alpha value is -2.52. The number of fused-ring (bicyclic) bond motifs is 3. The molecule has 1 unspecified atom stereocenters. The molecule has 5 rings (SSSR count). The van der Waals surface area contributed by atoms with Gasteiger partial charge in [0, 0.05) is 23.9 Å². The van der Waals surface area contributed by atoms with Crippen molar-refractivity contribution < 1.29 is 33.9 Å². The molecule has 44 heavy (non-hydrogen) atoms. The molecule has 2 N–H and O–H groups in total. The molecule has 7 atom stereocenters. The van der Waals surface area contributed by atoms with E-state index in [-0.39, 0.29) is 25.6 Å². The molecule has 0 amide bonds.